The SMILES string of the molecule is Nc1ncc2c(c1Cl)CCC(C[N+]13C4CC(C(=O)O)C5C(C1C4)C53)=C2. The Kier molecular flexibility index (Phi) is 2.55. The molecule has 5 aliphatic rings. The first-order valence-corrected chi connectivity index (χ1v) is 9.62. The van der Waals surface area contributed by atoms with Crippen LogP contribution >= 0.6 is 11.6 Å². The van der Waals surface area contributed by atoms with Crippen LogP contribution in [0.25, 0.3) is 6.08 Å². The van der Waals surface area contributed by atoms with Gasteiger partial charge in [0.15, 0.2) is 0 Å². The number of nitrogens with zero attached hydrogens (tertiary/aromatic N) is 2. The molecule has 7 unspecified atom stereocenters. The highest BCUT2D eigenvalue weighted by Crippen LogP contribution is 2.76. The lowest BCUT2D eigenvalue weighted by Gasteiger charge is -2.66. The Morgan fingerprint density at radius 3 is 3.00 bits per heavy atom. The van der Waals surface area contributed by atoms with Crippen LogP contribution in [0, 0.1) is 17.8 Å². The van der Waals surface area contributed by atoms with E-state index in [1.54, 1.807) is 0 Å². The van der Waals surface area contributed by atoms with Crippen LogP contribution in [0.3, 0.4) is 0 Å². The van der Waals surface area contributed by atoms with Crippen LogP contribution in [0.2, 0.25) is 5.02 Å². The first-order valence-electron chi connectivity index (χ1n) is 9.24. The summed E-state index contributed by atoms with van der Waals surface area (Å²) in [5, 5.41) is 10.1. The maximum Gasteiger partial charge on any atom is 0.307 e. The molecule has 4 fully saturated rings. The van der Waals surface area contributed by atoms with Crippen LogP contribution in [0.15, 0.2) is 11.8 Å². The second-order valence-corrected chi connectivity index (χ2v) is 9.01. The van der Waals surface area contributed by atoms with Gasteiger partial charge in [-0.05, 0) is 35.6 Å². The Hall–Kier alpha value is -1.59. The molecule has 5 nitrogen and oxygen atoms in total. The predicted octanol–water partition coefficient (Wildman–Crippen LogP) is 2.34. The molecule has 0 amide bonds. The van der Waals surface area contributed by atoms with Crippen molar-refractivity contribution in [3.63, 3.8) is 0 Å². The van der Waals surface area contributed by atoms with Crippen molar-refractivity contribution in [3.05, 3.63) is 27.9 Å². The zero-order chi connectivity index (χ0) is 17.1. The Bertz CT molecular complexity index is 864. The number of hydrogen-bond donors (Lipinski definition) is 2. The number of halogens is 1. The maximum absolute atomic E-state index is 11.6. The first-order chi connectivity index (χ1) is 12.0. The van der Waals surface area contributed by atoms with E-state index in [1.165, 1.54) is 16.5 Å². The van der Waals surface area contributed by atoms with E-state index in [1.807, 2.05) is 6.20 Å². The summed E-state index contributed by atoms with van der Waals surface area (Å²) in [7, 11) is 0. The quantitative estimate of drug-likeness (QED) is 0.813. The molecule has 4 heterocycles. The largest absolute Gasteiger partial charge is 0.481 e. The molecule has 7 atom stereocenters. The minimum Gasteiger partial charge on any atom is -0.481 e. The van der Waals surface area contributed by atoms with Gasteiger partial charge < -0.3 is 15.3 Å². The molecule has 2 aliphatic carbocycles. The second-order valence-electron chi connectivity index (χ2n) is 8.63. The average Bonchev–Trinajstić information content (AvgIpc) is 3.30. The van der Waals surface area contributed by atoms with Crippen LogP contribution in [-0.2, 0) is 11.2 Å². The molecule has 130 valence electrons. The van der Waals surface area contributed by atoms with E-state index >= 15 is 0 Å². The Morgan fingerprint density at radius 2 is 2.20 bits per heavy atom. The topological polar surface area (TPSA) is 76.2 Å². The zero-order valence-corrected chi connectivity index (χ0v) is 14.6. The number of quaternary nitrogens is 1. The fourth-order valence-corrected chi connectivity index (χ4v) is 7.22. The molecule has 6 rings (SSSR count). The number of pyridine rings is 1. The van der Waals surface area contributed by atoms with Crippen molar-refractivity contribution in [2.75, 3.05) is 12.3 Å². The van der Waals surface area contributed by atoms with Crippen LogP contribution in [-0.4, -0.2) is 45.2 Å². The molecule has 1 saturated carbocycles. The highest BCUT2D eigenvalue weighted by molar-refractivity contribution is 6.33. The number of nitrogens with two attached hydrogens (primary N) is 1. The normalized spacial score (nSPS) is 44.6. The lowest BCUT2D eigenvalue weighted by Crippen LogP contribution is -2.81. The van der Waals surface area contributed by atoms with Crippen molar-refractivity contribution >= 4 is 29.5 Å². The molecule has 3 N–H and O–H groups in total. The summed E-state index contributed by atoms with van der Waals surface area (Å²) in [6.45, 7) is 1.10. The molecule has 0 aromatic carbocycles. The number of fused-ring (bicyclic) bond motifs is 3. The number of aromatic nitrogens is 1. The van der Waals surface area contributed by atoms with Crippen molar-refractivity contribution in [1.29, 1.82) is 0 Å². The molecule has 1 aromatic rings. The number of rotatable bonds is 3. The Morgan fingerprint density at radius 1 is 1.36 bits per heavy atom. The fourth-order valence-electron chi connectivity index (χ4n) is 6.97. The van der Waals surface area contributed by atoms with Crippen LogP contribution in [0.5, 0.6) is 0 Å². The van der Waals surface area contributed by atoms with Gasteiger partial charge in [-0.25, -0.2) is 4.98 Å². The van der Waals surface area contributed by atoms with Gasteiger partial charge in [0.05, 0.1) is 29.3 Å². The summed E-state index contributed by atoms with van der Waals surface area (Å²) in [6, 6.07) is 1.94. The summed E-state index contributed by atoms with van der Waals surface area (Å²) in [5.41, 5.74) is 9.53. The van der Waals surface area contributed by atoms with Crippen molar-refractivity contribution in [3.8, 4) is 0 Å². The van der Waals surface area contributed by atoms with E-state index in [0.717, 1.165) is 43.0 Å². The lowest BCUT2D eigenvalue weighted by atomic mass is 9.73. The Labute approximate surface area is 151 Å². The third-order valence-corrected chi connectivity index (χ3v) is 8.35. The zero-order valence-electron chi connectivity index (χ0n) is 13.9. The minimum atomic E-state index is -0.563. The molecule has 3 saturated heterocycles. The highest BCUT2D eigenvalue weighted by atomic mass is 35.5. The molecule has 3 aliphatic heterocycles. The van der Waals surface area contributed by atoms with Gasteiger partial charge in [0.1, 0.15) is 24.4 Å². The van der Waals surface area contributed by atoms with E-state index in [2.05, 4.69) is 11.1 Å². The predicted molar refractivity (Wildman–Crippen MR) is 93.8 cm³/mol. The van der Waals surface area contributed by atoms with Gasteiger partial charge in [0.2, 0.25) is 0 Å². The summed E-state index contributed by atoms with van der Waals surface area (Å²) < 4.78 is 1.20. The number of piperidine rings is 2. The van der Waals surface area contributed by atoms with E-state index in [0.29, 0.717) is 34.8 Å². The second kappa shape index (κ2) is 4.38. The van der Waals surface area contributed by atoms with Gasteiger partial charge in [-0.3, -0.25) is 4.79 Å². The number of carbonyl (C=O) groups is 1. The van der Waals surface area contributed by atoms with Crippen LogP contribution < -0.4 is 5.73 Å². The molecular weight excluding hydrogens is 338 g/mol. The third kappa shape index (κ3) is 1.56. The Balaban J connectivity index is 1.30. The monoisotopic (exact) mass is 358 g/mol. The lowest BCUT2D eigenvalue weighted by molar-refractivity contribution is -1.06. The number of aliphatic carboxylic acids is 1. The molecule has 25 heavy (non-hydrogen) atoms. The minimum absolute atomic E-state index is 0.0780. The summed E-state index contributed by atoms with van der Waals surface area (Å²) >= 11 is 6.32. The van der Waals surface area contributed by atoms with Crippen molar-refractivity contribution in [2.24, 2.45) is 17.8 Å². The van der Waals surface area contributed by atoms with Gasteiger partial charge in [0, 0.05) is 18.5 Å². The molecule has 0 spiro atoms. The van der Waals surface area contributed by atoms with Crippen molar-refractivity contribution in [2.45, 2.75) is 43.8 Å². The van der Waals surface area contributed by atoms with Gasteiger partial charge in [-0.2, -0.15) is 0 Å². The van der Waals surface area contributed by atoms with E-state index < -0.39 is 5.97 Å². The average molecular weight is 359 g/mol. The maximum atomic E-state index is 11.6. The third-order valence-electron chi connectivity index (χ3n) is 7.92. The van der Waals surface area contributed by atoms with E-state index in [-0.39, 0.29) is 5.92 Å². The molecule has 0 bridgehead atoms. The van der Waals surface area contributed by atoms with E-state index in [4.69, 9.17) is 17.3 Å². The first kappa shape index (κ1) is 14.6. The molecule has 0 radical (unpaired) electrons. The number of carboxylic acid groups (broad SMARTS) is 1. The van der Waals surface area contributed by atoms with Gasteiger partial charge in [0.25, 0.3) is 0 Å². The molecular formula is C19H21ClN3O2+. The number of hydrogen-bond acceptors (Lipinski definition) is 3. The van der Waals surface area contributed by atoms with E-state index in [9.17, 15) is 9.90 Å². The number of carboxylic acids is 1. The molecule has 6 heteroatoms. The summed E-state index contributed by atoms with van der Waals surface area (Å²) in [4.78, 5) is 15.8. The smallest absolute Gasteiger partial charge is 0.307 e. The van der Waals surface area contributed by atoms with Crippen molar-refractivity contribution < 1.29 is 14.4 Å². The van der Waals surface area contributed by atoms with Crippen LogP contribution in [0.1, 0.15) is 30.4 Å². The van der Waals surface area contributed by atoms with Crippen LogP contribution in [0.4, 0.5) is 5.82 Å². The number of nitrogen functional groups attached to an aromatic ring is 1. The highest BCUT2D eigenvalue weighted by Gasteiger charge is 2.90. The van der Waals surface area contributed by atoms with Crippen molar-refractivity contribution in [1.82, 2.24) is 4.98 Å². The summed E-state index contributed by atoms with van der Waals surface area (Å²) in [6.07, 6.45) is 8.19. The standard InChI is InChI=1S/C19H20ClN3O2/c20-16-11-2-1-8(3-9(11)6-22-18(16)21)7-23-10-4-12(19(24)25)14-15(17(14)23)13(23)5-10/h3,6,10,12-15,17H,1-2,4-5,7H2,(H2-,21,22,24,25)/p+1. The van der Waals surface area contributed by atoms with Gasteiger partial charge in [-0.1, -0.05) is 11.6 Å². The molecule has 1 aromatic heterocycles. The van der Waals surface area contributed by atoms with Gasteiger partial charge >= 0.3 is 5.97 Å². The fraction of sp³-hybridized carbons (Fsp3) is 0.579. The number of anilines is 1. The van der Waals surface area contributed by atoms with Gasteiger partial charge in [-0.15, -0.1) is 0 Å². The summed E-state index contributed by atoms with van der Waals surface area (Å²) in [5.74, 6) is 0.932.